The van der Waals surface area contributed by atoms with Crippen molar-refractivity contribution in [1.29, 1.82) is 0 Å². The maximum absolute atomic E-state index is 10.9. The van der Waals surface area contributed by atoms with Gasteiger partial charge in [-0.1, -0.05) is 21.1 Å². The molecule has 0 bridgehead atoms. The lowest BCUT2D eigenvalue weighted by Crippen LogP contribution is -1.94. The van der Waals surface area contributed by atoms with E-state index in [4.69, 9.17) is 4.52 Å². The van der Waals surface area contributed by atoms with Gasteiger partial charge >= 0.3 is 0 Å². The molecule has 2 rings (SSSR count). The van der Waals surface area contributed by atoms with Crippen molar-refractivity contribution in [3.05, 3.63) is 34.1 Å². The second kappa shape index (κ2) is 5.44. The topological polar surface area (TPSA) is 56.0 Å². The number of aryl methyl sites for hydroxylation is 2. The molecule has 0 fully saturated rings. The summed E-state index contributed by atoms with van der Waals surface area (Å²) >= 11 is 3.41. The van der Waals surface area contributed by atoms with Crippen LogP contribution < -0.4 is 0 Å². The van der Waals surface area contributed by atoms with Crippen molar-refractivity contribution in [3.8, 4) is 11.4 Å². The number of Topliss-reactive ketones (excluding diaryl/α,β-unsaturated/α-hetero) is 1. The minimum Gasteiger partial charge on any atom is -0.339 e. The molecule has 0 aliphatic heterocycles. The van der Waals surface area contributed by atoms with E-state index < -0.39 is 0 Å². The number of aromatic nitrogens is 2. The van der Waals surface area contributed by atoms with E-state index in [0.29, 0.717) is 24.6 Å². The van der Waals surface area contributed by atoms with Crippen LogP contribution in [-0.4, -0.2) is 15.9 Å². The molecule has 2 aromatic rings. The van der Waals surface area contributed by atoms with Gasteiger partial charge in [-0.2, -0.15) is 4.98 Å². The maximum Gasteiger partial charge on any atom is 0.227 e. The van der Waals surface area contributed by atoms with Crippen LogP contribution in [0.3, 0.4) is 0 Å². The number of hydrogen-bond acceptors (Lipinski definition) is 4. The SMILES string of the molecule is CC(=O)CCc1nc(-c2ccc(Br)cc2C)no1. The van der Waals surface area contributed by atoms with E-state index in [-0.39, 0.29) is 5.78 Å². The fourth-order valence-corrected chi connectivity index (χ4v) is 2.10. The van der Waals surface area contributed by atoms with E-state index in [0.717, 1.165) is 15.6 Å². The quantitative estimate of drug-likeness (QED) is 0.869. The minimum absolute atomic E-state index is 0.120. The number of benzene rings is 1. The van der Waals surface area contributed by atoms with Crippen LogP contribution in [0.5, 0.6) is 0 Å². The Hall–Kier alpha value is -1.49. The zero-order chi connectivity index (χ0) is 13.1. The van der Waals surface area contributed by atoms with E-state index in [9.17, 15) is 4.79 Å². The van der Waals surface area contributed by atoms with Crippen LogP contribution in [0, 0.1) is 6.92 Å². The molecule has 94 valence electrons. The van der Waals surface area contributed by atoms with E-state index >= 15 is 0 Å². The van der Waals surface area contributed by atoms with E-state index in [1.54, 1.807) is 6.92 Å². The molecule has 0 aliphatic carbocycles. The summed E-state index contributed by atoms with van der Waals surface area (Å²) in [6, 6.07) is 5.88. The smallest absolute Gasteiger partial charge is 0.227 e. The van der Waals surface area contributed by atoms with E-state index in [1.807, 2.05) is 25.1 Å². The molecule has 0 spiro atoms. The molecular weight excluding hydrogens is 296 g/mol. The van der Waals surface area contributed by atoms with Gasteiger partial charge < -0.3 is 9.32 Å². The Balaban J connectivity index is 2.21. The van der Waals surface area contributed by atoms with Gasteiger partial charge in [0.25, 0.3) is 0 Å². The third-order valence-electron chi connectivity index (χ3n) is 2.59. The molecule has 0 saturated carbocycles. The molecule has 0 aliphatic rings. The van der Waals surface area contributed by atoms with Crippen LogP contribution in [0.1, 0.15) is 24.8 Å². The van der Waals surface area contributed by atoms with Gasteiger partial charge in [0.2, 0.25) is 11.7 Å². The van der Waals surface area contributed by atoms with Crippen LogP contribution in [-0.2, 0) is 11.2 Å². The lowest BCUT2D eigenvalue weighted by atomic mass is 10.1. The molecule has 1 aromatic carbocycles. The van der Waals surface area contributed by atoms with Crippen molar-refractivity contribution in [2.45, 2.75) is 26.7 Å². The minimum atomic E-state index is 0.120. The average Bonchev–Trinajstić information content (AvgIpc) is 2.75. The number of rotatable bonds is 4. The van der Waals surface area contributed by atoms with Crippen molar-refractivity contribution < 1.29 is 9.32 Å². The largest absolute Gasteiger partial charge is 0.339 e. The van der Waals surface area contributed by atoms with Crippen LogP contribution in [0.4, 0.5) is 0 Å². The molecule has 1 aromatic heterocycles. The van der Waals surface area contributed by atoms with Gasteiger partial charge in [-0.05, 0) is 37.6 Å². The molecular formula is C13H13BrN2O2. The predicted molar refractivity (Wildman–Crippen MR) is 71.2 cm³/mol. The Morgan fingerprint density at radius 3 is 2.89 bits per heavy atom. The summed E-state index contributed by atoms with van der Waals surface area (Å²) in [5.41, 5.74) is 2.01. The summed E-state index contributed by atoms with van der Waals surface area (Å²) in [4.78, 5) is 15.2. The summed E-state index contributed by atoms with van der Waals surface area (Å²) in [6.07, 6.45) is 0.929. The first-order valence-corrected chi connectivity index (χ1v) is 6.44. The van der Waals surface area contributed by atoms with Crippen molar-refractivity contribution in [3.63, 3.8) is 0 Å². The molecule has 0 atom stereocenters. The number of ketones is 1. The van der Waals surface area contributed by atoms with Crippen molar-refractivity contribution in [1.82, 2.24) is 10.1 Å². The van der Waals surface area contributed by atoms with Gasteiger partial charge in [-0.25, -0.2) is 0 Å². The summed E-state index contributed by atoms with van der Waals surface area (Å²) in [5.74, 6) is 1.19. The van der Waals surface area contributed by atoms with Crippen molar-refractivity contribution >= 4 is 21.7 Å². The number of carbonyl (C=O) groups excluding carboxylic acids is 1. The highest BCUT2D eigenvalue weighted by Crippen LogP contribution is 2.24. The van der Waals surface area contributed by atoms with Gasteiger partial charge in [0.15, 0.2) is 0 Å². The van der Waals surface area contributed by atoms with Crippen molar-refractivity contribution in [2.75, 3.05) is 0 Å². The van der Waals surface area contributed by atoms with Crippen LogP contribution >= 0.6 is 15.9 Å². The Kier molecular flexibility index (Phi) is 3.91. The first-order valence-electron chi connectivity index (χ1n) is 5.65. The summed E-state index contributed by atoms with van der Waals surface area (Å²) in [6.45, 7) is 3.54. The molecule has 0 radical (unpaired) electrons. The fourth-order valence-electron chi connectivity index (χ4n) is 1.63. The van der Waals surface area contributed by atoms with Gasteiger partial charge in [-0.3, -0.25) is 0 Å². The van der Waals surface area contributed by atoms with Crippen LogP contribution in [0.2, 0.25) is 0 Å². The standard InChI is InChI=1S/C13H13BrN2O2/c1-8-7-10(14)4-5-11(8)13-15-12(18-16-13)6-3-9(2)17/h4-5,7H,3,6H2,1-2H3. The van der Waals surface area contributed by atoms with Gasteiger partial charge in [0, 0.05) is 22.9 Å². The van der Waals surface area contributed by atoms with E-state index in [2.05, 4.69) is 26.1 Å². The van der Waals surface area contributed by atoms with Crippen LogP contribution in [0.15, 0.2) is 27.2 Å². The maximum atomic E-state index is 10.9. The second-order valence-electron chi connectivity index (χ2n) is 4.17. The van der Waals surface area contributed by atoms with E-state index in [1.165, 1.54) is 0 Å². The summed E-state index contributed by atoms with van der Waals surface area (Å²) in [7, 11) is 0. The first-order chi connectivity index (χ1) is 8.56. The average molecular weight is 309 g/mol. The molecule has 0 N–H and O–H groups in total. The zero-order valence-electron chi connectivity index (χ0n) is 10.2. The number of halogens is 1. The van der Waals surface area contributed by atoms with Gasteiger partial charge in [0.05, 0.1) is 0 Å². The monoisotopic (exact) mass is 308 g/mol. The summed E-state index contributed by atoms with van der Waals surface area (Å²) < 4.78 is 6.15. The normalized spacial score (nSPS) is 10.6. The molecule has 18 heavy (non-hydrogen) atoms. The lowest BCUT2D eigenvalue weighted by molar-refractivity contribution is -0.117. The zero-order valence-corrected chi connectivity index (χ0v) is 11.8. The third kappa shape index (κ3) is 3.04. The highest BCUT2D eigenvalue weighted by molar-refractivity contribution is 9.10. The third-order valence-corrected chi connectivity index (χ3v) is 3.08. The Bertz CT molecular complexity index is 578. The number of carbonyl (C=O) groups is 1. The molecule has 1 heterocycles. The van der Waals surface area contributed by atoms with Gasteiger partial charge in [0.1, 0.15) is 5.78 Å². The fraction of sp³-hybridized carbons (Fsp3) is 0.308. The predicted octanol–water partition coefficient (Wildman–Crippen LogP) is 3.33. The van der Waals surface area contributed by atoms with Gasteiger partial charge in [-0.15, -0.1) is 0 Å². The molecule has 0 amide bonds. The highest BCUT2D eigenvalue weighted by Gasteiger charge is 2.11. The number of nitrogens with zero attached hydrogens (tertiary/aromatic N) is 2. The first kappa shape index (κ1) is 13.0. The van der Waals surface area contributed by atoms with Crippen LogP contribution in [0.25, 0.3) is 11.4 Å². The van der Waals surface area contributed by atoms with Crippen molar-refractivity contribution in [2.24, 2.45) is 0 Å². The molecule has 0 saturated heterocycles. The summed E-state index contributed by atoms with van der Waals surface area (Å²) in [5, 5.41) is 3.94. The molecule has 0 unspecified atom stereocenters. The Labute approximate surface area is 114 Å². The molecule has 4 nitrogen and oxygen atoms in total. The second-order valence-corrected chi connectivity index (χ2v) is 5.09. The highest BCUT2D eigenvalue weighted by atomic mass is 79.9. The Morgan fingerprint density at radius 2 is 2.22 bits per heavy atom. The molecule has 5 heteroatoms. The Morgan fingerprint density at radius 1 is 1.44 bits per heavy atom. The lowest BCUT2D eigenvalue weighted by Gasteiger charge is -2.00. The number of hydrogen-bond donors (Lipinski definition) is 0.